The topological polar surface area (TPSA) is 49.8 Å². The minimum absolute atomic E-state index is 0.416. The van der Waals surface area contributed by atoms with Crippen LogP contribution in [0, 0.1) is 6.92 Å². The van der Waals surface area contributed by atoms with Crippen LogP contribution in [-0.2, 0) is 0 Å². The Morgan fingerprint density at radius 1 is 1.47 bits per heavy atom. The molecule has 5 heteroatoms. The first-order valence-electron chi connectivity index (χ1n) is 4.94. The predicted octanol–water partition coefficient (Wildman–Crippen LogP) is 1.99. The summed E-state index contributed by atoms with van der Waals surface area (Å²) in [6.07, 6.45) is 2.10. The van der Waals surface area contributed by atoms with Gasteiger partial charge in [-0.2, -0.15) is 16.7 Å². The molecule has 0 aliphatic carbocycles. The summed E-state index contributed by atoms with van der Waals surface area (Å²) >= 11 is 1.82. The summed E-state index contributed by atoms with van der Waals surface area (Å²) in [6, 6.07) is 2.37. The summed E-state index contributed by atoms with van der Waals surface area (Å²) in [5.74, 6) is 2.61. The van der Waals surface area contributed by atoms with Crippen LogP contribution in [0.15, 0.2) is 6.07 Å². The van der Waals surface area contributed by atoms with Crippen LogP contribution in [0.2, 0.25) is 0 Å². The lowest BCUT2D eigenvalue weighted by molar-refractivity contribution is 0.898. The summed E-state index contributed by atoms with van der Waals surface area (Å²) < 4.78 is 0. The highest BCUT2D eigenvalue weighted by atomic mass is 32.2. The number of hydrogen-bond acceptors (Lipinski definition) is 5. The number of hydrogen-bond donors (Lipinski definition) is 2. The second-order valence-corrected chi connectivity index (χ2v) is 4.38. The Balaban J connectivity index is 2.71. The van der Waals surface area contributed by atoms with Crippen molar-refractivity contribution in [1.82, 2.24) is 9.97 Å². The van der Waals surface area contributed by atoms with Crippen molar-refractivity contribution in [3.63, 3.8) is 0 Å². The molecule has 1 heterocycles. The van der Waals surface area contributed by atoms with Crippen molar-refractivity contribution in [2.24, 2.45) is 0 Å². The van der Waals surface area contributed by atoms with Crippen molar-refractivity contribution in [2.75, 3.05) is 29.7 Å². The quantitative estimate of drug-likeness (QED) is 0.804. The van der Waals surface area contributed by atoms with Gasteiger partial charge in [0.25, 0.3) is 0 Å². The second-order valence-electron chi connectivity index (χ2n) is 3.47. The van der Waals surface area contributed by atoms with E-state index in [9.17, 15) is 0 Å². The fraction of sp³-hybridized carbons (Fsp3) is 0.600. The zero-order valence-corrected chi connectivity index (χ0v) is 10.5. The van der Waals surface area contributed by atoms with Gasteiger partial charge in [-0.25, -0.2) is 4.98 Å². The Kier molecular flexibility index (Phi) is 4.68. The first-order chi connectivity index (χ1) is 7.15. The van der Waals surface area contributed by atoms with Crippen molar-refractivity contribution in [3.05, 3.63) is 11.8 Å². The van der Waals surface area contributed by atoms with Crippen molar-refractivity contribution in [2.45, 2.75) is 19.9 Å². The molecule has 1 aromatic heterocycles. The molecule has 84 valence electrons. The molecule has 0 aliphatic rings. The maximum absolute atomic E-state index is 4.33. The number of rotatable bonds is 5. The van der Waals surface area contributed by atoms with Gasteiger partial charge in [0.2, 0.25) is 5.95 Å². The highest BCUT2D eigenvalue weighted by Gasteiger charge is 2.04. The van der Waals surface area contributed by atoms with Gasteiger partial charge in [0.15, 0.2) is 0 Å². The smallest absolute Gasteiger partial charge is 0.224 e. The zero-order valence-electron chi connectivity index (χ0n) is 9.66. The van der Waals surface area contributed by atoms with Crippen LogP contribution in [-0.4, -0.2) is 35.1 Å². The third kappa shape index (κ3) is 3.95. The first-order valence-corrected chi connectivity index (χ1v) is 6.34. The zero-order chi connectivity index (χ0) is 11.3. The van der Waals surface area contributed by atoms with Gasteiger partial charge < -0.3 is 10.6 Å². The van der Waals surface area contributed by atoms with Gasteiger partial charge in [-0.1, -0.05) is 0 Å². The van der Waals surface area contributed by atoms with Gasteiger partial charge in [0.05, 0.1) is 0 Å². The number of thioether (sulfide) groups is 1. The van der Waals surface area contributed by atoms with Crippen LogP contribution in [0.5, 0.6) is 0 Å². The van der Waals surface area contributed by atoms with E-state index in [-0.39, 0.29) is 0 Å². The van der Waals surface area contributed by atoms with Gasteiger partial charge >= 0.3 is 0 Å². The van der Waals surface area contributed by atoms with E-state index in [1.165, 1.54) is 0 Å². The molecule has 0 fully saturated rings. The van der Waals surface area contributed by atoms with Crippen LogP contribution in [0.3, 0.4) is 0 Å². The van der Waals surface area contributed by atoms with E-state index in [1.54, 1.807) is 0 Å². The molecule has 0 aliphatic heterocycles. The average molecular weight is 226 g/mol. The van der Waals surface area contributed by atoms with Crippen molar-refractivity contribution in [1.29, 1.82) is 0 Å². The third-order valence-corrected chi connectivity index (χ3v) is 2.72. The molecular formula is C10H18N4S. The van der Waals surface area contributed by atoms with Crippen molar-refractivity contribution in [3.8, 4) is 0 Å². The van der Waals surface area contributed by atoms with E-state index in [4.69, 9.17) is 0 Å². The highest BCUT2D eigenvalue weighted by Crippen LogP contribution is 2.11. The highest BCUT2D eigenvalue weighted by molar-refractivity contribution is 7.98. The molecule has 1 atom stereocenters. The maximum Gasteiger partial charge on any atom is 0.224 e. The number of nitrogens with one attached hydrogen (secondary N) is 2. The lowest BCUT2D eigenvalue weighted by Gasteiger charge is -2.14. The number of aromatic nitrogens is 2. The minimum atomic E-state index is 0.416. The number of nitrogens with zero attached hydrogens (tertiary/aromatic N) is 2. The monoisotopic (exact) mass is 226 g/mol. The molecule has 0 amide bonds. The lowest BCUT2D eigenvalue weighted by atomic mass is 10.3. The van der Waals surface area contributed by atoms with Gasteiger partial charge in [-0.3, -0.25) is 0 Å². The second kappa shape index (κ2) is 5.80. The third-order valence-electron chi connectivity index (χ3n) is 1.89. The van der Waals surface area contributed by atoms with Crippen LogP contribution in [0.25, 0.3) is 0 Å². The summed E-state index contributed by atoms with van der Waals surface area (Å²) in [7, 11) is 1.82. The first kappa shape index (κ1) is 12.1. The summed E-state index contributed by atoms with van der Waals surface area (Å²) in [4.78, 5) is 8.57. The molecule has 0 bridgehead atoms. The Hall–Kier alpha value is -0.970. The molecule has 2 N–H and O–H groups in total. The molecule has 0 radical (unpaired) electrons. The average Bonchev–Trinajstić information content (AvgIpc) is 2.17. The summed E-state index contributed by atoms with van der Waals surface area (Å²) in [6.45, 7) is 4.11. The molecule has 15 heavy (non-hydrogen) atoms. The normalized spacial score (nSPS) is 12.3. The number of aryl methyl sites for hydroxylation is 1. The standard InChI is InChI=1S/C10H18N4S/c1-7-5-9(12-8(2)6-15-4)14-10(11-3)13-7/h5,8H,6H2,1-4H3,(H2,11,12,13,14). The minimum Gasteiger partial charge on any atom is -0.367 e. The molecule has 0 saturated heterocycles. The van der Waals surface area contributed by atoms with Crippen LogP contribution < -0.4 is 10.6 Å². The van der Waals surface area contributed by atoms with E-state index in [1.807, 2.05) is 31.8 Å². The Morgan fingerprint density at radius 3 is 2.80 bits per heavy atom. The van der Waals surface area contributed by atoms with Gasteiger partial charge in [0, 0.05) is 30.6 Å². The predicted molar refractivity (Wildman–Crippen MR) is 67.8 cm³/mol. The largest absolute Gasteiger partial charge is 0.367 e. The Morgan fingerprint density at radius 2 is 2.20 bits per heavy atom. The van der Waals surface area contributed by atoms with Crippen LogP contribution in [0.1, 0.15) is 12.6 Å². The molecule has 1 aromatic rings. The van der Waals surface area contributed by atoms with E-state index >= 15 is 0 Å². The number of anilines is 2. The molecule has 1 unspecified atom stereocenters. The Bertz CT molecular complexity index is 316. The lowest BCUT2D eigenvalue weighted by Crippen LogP contribution is -2.19. The van der Waals surface area contributed by atoms with E-state index in [2.05, 4.69) is 33.8 Å². The van der Waals surface area contributed by atoms with Crippen molar-refractivity contribution >= 4 is 23.5 Å². The van der Waals surface area contributed by atoms with Crippen molar-refractivity contribution < 1.29 is 0 Å². The molecule has 0 saturated carbocycles. The van der Waals surface area contributed by atoms with Gasteiger partial charge in [0.1, 0.15) is 5.82 Å². The molecule has 4 nitrogen and oxygen atoms in total. The Labute approximate surface area is 95.3 Å². The fourth-order valence-electron chi connectivity index (χ4n) is 1.30. The van der Waals surface area contributed by atoms with Crippen LogP contribution in [0.4, 0.5) is 11.8 Å². The molecule has 1 rings (SSSR count). The van der Waals surface area contributed by atoms with E-state index in [0.29, 0.717) is 12.0 Å². The SMILES string of the molecule is CNc1nc(C)cc(NC(C)CSC)n1. The van der Waals surface area contributed by atoms with E-state index in [0.717, 1.165) is 17.3 Å². The van der Waals surface area contributed by atoms with Gasteiger partial charge in [-0.15, -0.1) is 0 Å². The maximum atomic E-state index is 4.33. The molecular weight excluding hydrogens is 208 g/mol. The van der Waals surface area contributed by atoms with E-state index < -0.39 is 0 Å². The fourth-order valence-corrected chi connectivity index (χ4v) is 1.88. The van der Waals surface area contributed by atoms with Gasteiger partial charge in [-0.05, 0) is 20.1 Å². The summed E-state index contributed by atoms with van der Waals surface area (Å²) in [5.41, 5.74) is 0.966. The van der Waals surface area contributed by atoms with Crippen LogP contribution >= 0.6 is 11.8 Å². The molecule has 0 aromatic carbocycles. The summed E-state index contributed by atoms with van der Waals surface area (Å²) in [5, 5.41) is 6.29. The molecule has 0 spiro atoms.